The number of fused-ring (bicyclic) bond motifs is 1. The van der Waals surface area contributed by atoms with Gasteiger partial charge in [0.1, 0.15) is 18.2 Å². The number of hydrogen-bond donors (Lipinski definition) is 1. The summed E-state index contributed by atoms with van der Waals surface area (Å²) in [7, 11) is 0. The molecule has 1 aliphatic rings. The summed E-state index contributed by atoms with van der Waals surface area (Å²) in [4.78, 5) is 42.9. The predicted molar refractivity (Wildman–Crippen MR) is 151 cm³/mol. The van der Waals surface area contributed by atoms with E-state index < -0.39 is 23.8 Å². The van der Waals surface area contributed by atoms with Crippen LogP contribution in [0.15, 0.2) is 93.9 Å². The van der Waals surface area contributed by atoms with Crippen LogP contribution in [0.3, 0.4) is 0 Å². The van der Waals surface area contributed by atoms with Gasteiger partial charge in [-0.05, 0) is 61.4 Å². The zero-order valence-electron chi connectivity index (χ0n) is 22.2. The van der Waals surface area contributed by atoms with Crippen LogP contribution in [0.5, 0.6) is 5.75 Å². The number of ether oxygens (including phenoxy) is 2. The maximum absolute atomic E-state index is 13.8. The number of carboxylic acid groups (broad SMARTS) is 1. The third-order valence-electron chi connectivity index (χ3n) is 6.50. The van der Waals surface area contributed by atoms with Crippen LogP contribution < -0.4 is 19.6 Å². The number of aromatic carboxylic acids is 1. The first-order chi connectivity index (χ1) is 19.8. The highest BCUT2D eigenvalue weighted by atomic mass is 32.1. The summed E-state index contributed by atoms with van der Waals surface area (Å²) in [6.45, 7) is 3.72. The van der Waals surface area contributed by atoms with Crippen molar-refractivity contribution < 1.29 is 28.6 Å². The van der Waals surface area contributed by atoms with Gasteiger partial charge >= 0.3 is 11.9 Å². The molecule has 10 heteroatoms. The van der Waals surface area contributed by atoms with E-state index in [4.69, 9.17) is 14.6 Å². The zero-order valence-corrected chi connectivity index (χ0v) is 23.0. The van der Waals surface area contributed by atoms with E-state index >= 15 is 0 Å². The lowest BCUT2D eigenvalue weighted by Gasteiger charge is -2.24. The van der Waals surface area contributed by atoms with Crippen molar-refractivity contribution >= 4 is 29.4 Å². The first-order valence-corrected chi connectivity index (χ1v) is 13.6. The molecule has 0 bridgehead atoms. The molecule has 3 aromatic carbocycles. The van der Waals surface area contributed by atoms with Gasteiger partial charge in [0.2, 0.25) is 0 Å². The Morgan fingerprint density at radius 1 is 1.07 bits per heavy atom. The maximum atomic E-state index is 13.8. The van der Waals surface area contributed by atoms with Gasteiger partial charge in [0.15, 0.2) is 4.80 Å². The van der Waals surface area contributed by atoms with Crippen LogP contribution in [0.25, 0.3) is 6.08 Å². The fourth-order valence-electron chi connectivity index (χ4n) is 4.53. The molecule has 0 saturated carbocycles. The highest BCUT2D eigenvalue weighted by Gasteiger charge is 2.33. The molecule has 1 N–H and O–H groups in total. The molecule has 208 valence electrons. The van der Waals surface area contributed by atoms with Crippen LogP contribution in [0.4, 0.5) is 4.39 Å². The Morgan fingerprint density at radius 3 is 2.46 bits per heavy atom. The molecule has 0 spiro atoms. The Hall–Kier alpha value is -4.83. The van der Waals surface area contributed by atoms with Gasteiger partial charge in [0, 0.05) is 5.56 Å². The Bertz CT molecular complexity index is 1840. The smallest absolute Gasteiger partial charge is 0.338 e. The van der Waals surface area contributed by atoms with Crippen molar-refractivity contribution in [3.05, 3.63) is 132 Å². The molecule has 0 aliphatic carbocycles. The van der Waals surface area contributed by atoms with Crippen molar-refractivity contribution in [1.29, 1.82) is 0 Å². The van der Waals surface area contributed by atoms with Gasteiger partial charge in [-0.1, -0.05) is 53.8 Å². The van der Waals surface area contributed by atoms with Crippen molar-refractivity contribution in [1.82, 2.24) is 4.57 Å². The first-order valence-electron chi connectivity index (χ1n) is 12.8. The second-order valence-electron chi connectivity index (χ2n) is 9.18. The number of thiazole rings is 1. The number of nitrogens with zero attached hydrogens (tertiary/aromatic N) is 2. The van der Waals surface area contributed by atoms with Crippen LogP contribution in [-0.4, -0.2) is 28.2 Å². The lowest BCUT2D eigenvalue weighted by Crippen LogP contribution is -2.39. The summed E-state index contributed by atoms with van der Waals surface area (Å²) < 4.78 is 26.9. The van der Waals surface area contributed by atoms with E-state index in [-0.39, 0.29) is 29.9 Å². The monoisotopic (exact) mass is 572 g/mol. The van der Waals surface area contributed by atoms with Gasteiger partial charge in [-0.3, -0.25) is 9.36 Å². The molecule has 0 saturated heterocycles. The van der Waals surface area contributed by atoms with E-state index in [1.165, 1.54) is 40.2 Å². The Labute approximate surface area is 238 Å². The molecule has 2 heterocycles. The third kappa shape index (κ3) is 5.73. The quantitative estimate of drug-likeness (QED) is 0.317. The Morgan fingerprint density at radius 2 is 1.78 bits per heavy atom. The SMILES string of the molecule is CCOC(=O)C1=C(C)N=c2s/c(=C\c3ccccc3OCc3ccc(C(=O)O)cc3)c(=O)n2[C@H]1c1ccc(F)cc1. The van der Waals surface area contributed by atoms with Gasteiger partial charge in [0.25, 0.3) is 5.56 Å². The molecule has 41 heavy (non-hydrogen) atoms. The summed E-state index contributed by atoms with van der Waals surface area (Å²) in [5, 5.41) is 9.11. The standard InChI is InChI=1S/C31H25FN2O6S/c1-3-39-30(38)26-18(2)33-31-34(27(26)20-12-14-23(32)15-13-20)28(35)25(41-31)16-22-6-4-5-7-24(22)40-17-19-8-10-21(11-9-19)29(36)37/h4-16,27H,3,17H2,1-2H3,(H,36,37)/b25-16-/t27-/m0/s1. The van der Waals surface area contributed by atoms with Gasteiger partial charge in [-0.15, -0.1) is 0 Å². The summed E-state index contributed by atoms with van der Waals surface area (Å²) in [6, 6.07) is 18.4. The number of para-hydroxylation sites is 1. The lowest BCUT2D eigenvalue weighted by molar-refractivity contribution is -0.139. The summed E-state index contributed by atoms with van der Waals surface area (Å²) in [5.41, 5.74) is 2.44. The van der Waals surface area contributed by atoms with Gasteiger partial charge < -0.3 is 14.6 Å². The molecular formula is C31H25FN2O6S. The van der Waals surface area contributed by atoms with Crippen LogP contribution in [0.2, 0.25) is 0 Å². The molecule has 0 fully saturated rings. The normalized spacial score (nSPS) is 14.8. The Balaban J connectivity index is 1.55. The molecule has 8 nitrogen and oxygen atoms in total. The van der Waals surface area contributed by atoms with E-state index in [9.17, 15) is 18.8 Å². The number of hydrogen-bond acceptors (Lipinski definition) is 7. The van der Waals surface area contributed by atoms with Crippen molar-refractivity contribution in [2.75, 3.05) is 6.61 Å². The number of halogens is 1. The summed E-state index contributed by atoms with van der Waals surface area (Å²) in [6.07, 6.45) is 1.71. The minimum atomic E-state index is -1.00. The van der Waals surface area contributed by atoms with E-state index in [1.54, 1.807) is 50.3 Å². The molecule has 1 aliphatic heterocycles. The number of aromatic nitrogens is 1. The molecule has 1 aromatic heterocycles. The Kier molecular flexibility index (Phi) is 7.93. The summed E-state index contributed by atoms with van der Waals surface area (Å²) in [5.74, 6) is -1.50. The number of carbonyl (C=O) groups excluding carboxylic acids is 1. The number of benzene rings is 3. The average molecular weight is 573 g/mol. The minimum Gasteiger partial charge on any atom is -0.488 e. The van der Waals surface area contributed by atoms with Crippen LogP contribution in [0, 0.1) is 5.82 Å². The van der Waals surface area contributed by atoms with Gasteiger partial charge in [-0.25, -0.2) is 19.0 Å². The molecule has 4 aromatic rings. The van der Waals surface area contributed by atoms with Crippen LogP contribution in [0.1, 0.15) is 46.9 Å². The van der Waals surface area contributed by atoms with Crippen molar-refractivity contribution in [2.24, 2.45) is 4.99 Å². The van der Waals surface area contributed by atoms with E-state index in [2.05, 4.69) is 4.99 Å². The molecule has 0 amide bonds. The second-order valence-corrected chi connectivity index (χ2v) is 10.2. The highest BCUT2D eigenvalue weighted by molar-refractivity contribution is 7.07. The number of carbonyl (C=O) groups is 2. The van der Waals surface area contributed by atoms with Crippen molar-refractivity contribution in [3.63, 3.8) is 0 Å². The van der Waals surface area contributed by atoms with Crippen molar-refractivity contribution in [3.8, 4) is 5.75 Å². The fourth-order valence-corrected chi connectivity index (χ4v) is 5.57. The topological polar surface area (TPSA) is 107 Å². The molecule has 1 atom stereocenters. The van der Waals surface area contributed by atoms with Gasteiger partial charge in [-0.2, -0.15) is 0 Å². The lowest BCUT2D eigenvalue weighted by atomic mass is 9.96. The predicted octanol–water partition coefficient (Wildman–Crippen LogP) is 4.21. The van der Waals surface area contributed by atoms with E-state index in [0.29, 0.717) is 31.9 Å². The van der Waals surface area contributed by atoms with Crippen LogP contribution >= 0.6 is 11.3 Å². The average Bonchev–Trinajstić information content (AvgIpc) is 3.26. The third-order valence-corrected chi connectivity index (χ3v) is 7.49. The molecule has 0 unspecified atom stereocenters. The van der Waals surface area contributed by atoms with E-state index in [1.807, 2.05) is 18.2 Å². The van der Waals surface area contributed by atoms with Crippen molar-refractivity contribution in [2.45, 2.75) is 26.5 Å². The fraction of sp³-hybridized carbons (Fsp3) is 0.161. The molecule has 0 radical (unpaired) electrons. The number of esters is 1. The minimum absolute atomic E-state index is 0.149. The zero-order chi connectivity index (χ0) is 29.1. The van der Waals surface area contributed by atoms with E-state index in [0.717, 1.165) is 5.56 Å². The summed E-state index contributed by atoms with van der Waals surface area (Å²) >= 11 is 1.17. The largest absolute Gasteiger partial charge is 0.488 e. The highest BCUT2D eigenvalue weighted by Crippen LogP contribution is 2.31. The number of allylic oxidation sites excluding steroid dienone is 1. The second kappa shape index (κ2) is 11.7. The molecular weight excluding hydrogens is 547 g/mol. The first kappa shape index (κ1) is 27.7. The maximum Gasteiger partial charge on any atom is 0.338 e. The molecule has 5 rings (SSSR count). The van der Waals surface area contributed by atoms with Gasteiger partial charge in [0.05, 0.1) is 34.0 Å². The number of rotatable bonds is 8. The van der Waals surface area contributed by atoms with Crippen LogP contribution in [-0.2, 0) is 16.1 Å². The number of carboxylic acids is 1.